The van der Waals surface area contributed by atoms with Gasteiger partial charge in [-0.25, -0.2) is 4.98 Å². The minimum Gasteiger partial charge on any atom is -0.462 e. The van der Waals surface area contributed by atoms with Gasteiger partial charge >= 0.3 is 0 Å². The zero-order chi connectivity index (χ0) is 15.8. The highest BCUT2D eigenvalue weighted by Gasteiger charge is 2.39. The maximum Gasteiger partial charge on any atom is 0.273 e. The van der Waals surface area contributed by atoms with Gasteiger partial charge in [-0.2, -0.15) is 0 Å². The fourth-order valence-corrected chi connectivity index (χ4v) is 4.66. The van der Waals surface area contributed by atoms with Gasteiger partial charge in [0.15, 0.2) is 10.8 Å². The highest BCUT2D eigenvalue weighted by molar-refractivity contribution is 7.13. The number of hydrogen-bond acceptors (Lipinski definition) is 5. The second kappa shape index (κ2) is 6.09. The number of thiazole rings is 1. The number of furan rings is 1. The summed E-state index contributed by atoms with van der Waals surface area (Å²) >= 11 is 1.47. The first-order chi connectivity index (χ1) is 11.2. The van der Waals surface area contributed by atoms with Gasteiger partial charge in [0.25, 0.3) is 5.91 Å². The third-order valence-corrected chi connectivity index (χ3v) is 5.89. The molecule has 4 heterocycles. The van der Waals surface area contributed by atoms with E-state index < -0.39 is 0 Å². The normalized spacial score (nSPS) is 25.3. The number of aromatic nitrogens is 1. The van der Waals surface area contributed by atoms with Crippen LogP contribution < -0.4 is 0 Å². The molecule has 0 aliphatic carbocycles. The van der Waals surface area contributed by atoms with Crippen LogP contribution in [0.5, 0.6) is 0 Å². The molecule has 0 N–H and O–H groups in total. The Balaban J connectivity index is 1.54. The first-order valence-corrected chi connectivity index (χ1v) is 9.12. The Kier molecular flexibility index (Phi) is 3.95. The lowest BCUT2D eigenvalue weighted by molar-refractivity contribution is 0.0659. The van der Waals surface area contributed by atoms with Crippen LogP contribution in [0.4, 0.5) is 0 Å². The molecule has 0 aromatic carbocycles. The zero-order valence-electron chi connectivity index (χ0n) is 13.3. The van der Waals surface area contributed by atoms with Crippen molar-refractivity contribution >= 4 is 17.2 Å². The van der Waals surface area contributed by atoms with Gasteiger partial charge < -0.3 is 14.2 Å². The quantitative estimate of drug-likeness (QED) is 0.867. The smallest absolute Gasteiger partial charge is 0.273 e. The Morgan fingerprint density at radius 2 is 2.13 bits per heavy atom. The third kappa shape index (κ3) is 2.70. The molecule has 2 aromatic rings. The minimum atomic E-state index is 0.0712. The Bertz CT molecular complexity index is 682. The van der Waals surface area contributed by atoms with Crippen molar-refractivity contribution in [1.82, 2.24) is 14.8 Å². The predicted octanol–water partition coefficient (Wildman–Crippen LogP) is 3.10. The van der Waals surface area contributed by atoms with E-state index in [1.54, 1.807) is 6.26 Å². The van der Waals surface area contributed by atoms with Gasteiger partial charge in [0.05, 0.1) is 6.26 Å². The number of rotatable bonds is 3. The summed E-state index contributed by atoms with van der Waals surface area (Å²) in [6.07, 6.45) is 6.26. The summed E-state index contributed by atoms with van der Waals surface area (Å²) in [4.78, 5) is 21.9. The van der Waals surface area contributed by atoms with Crippen molar-refractivity contribution in [3.05, 3.63) is 29.5 Å². The van der Waals surface area contributed by atoms with E-state index in [-0.39, 0.29) is 5.91 Å². The molecule has 4 rings (SSSR count). The average molecular weight is 331 g/mol. The minimum absolute atomic E-state index is 0.0712. The van der Waals surface area contributed by atoms with Crippen molar-refractivity contribution in [3.8, 4) is 10.8 Å². The van der Waals surface area contributed by atoms with Gasteiger partial charge in [-0.15, -0.1) is 11.3 Å². The van der Waals surface area contributed by atoms with Crippen LogP contribution in [0.25, 0.3) is 10.8 Å². The van der Waals surface area contributed by atoms with Crippen LogP contribution in [0, 0.1) is 0 Å². The lowest BCUT2D eigenvalue weighted by Crippen LogP contribution is -2.47. The highest BCUT2D eigenvalue weighted by atomic mass is 32.1. The van der Waals surface area contributed by atoms with Gasteiger partial charge in [0.1, 0.15) is 5.69 Å². The van der Waals surface area contributed by atoms with Crippen molar-refractivity contribution in [2.75, 3.05) is 20.1 Å². The lowest BCUT2D eigenvalue weighted by Gasteiger charge is -2.32. The van der Waals surface area contributed by atoms with Crippen LogP contribution in [-0.2, 0) is 0 Å². The average Bonchev–Trinajstić information content (AvgIpc) is 3.31. The van der Waals surface area contributed by atoms with E-state index >= 15 is 0 Å². The van der Waals surface area contributed by atoms with E-state index in [2.05, 4.69) is 16.9 Å². The Hall–Kier alpha value is -1.66. The van der Waals surface area contributed by atoms with E-state index in [4.69, 9.17) is 4.42 Å². The van der Waals surface area contributed by atoms with Crippen molar-refractivity contribution in [2.45, 2.75) is 37.8 Å². The number of nitrogens with zero attached hydrogens (tertiary/aromatic N) is 3. The topological polar surface area (TPSA) is 49.6 Å². The molecule has 0 spiro atoms. The molecular weight excluding hydrogens is 310 g/mol. The van der Waals surface area contributed by atoms with Gasteiger partial charge in [-0.3, -0.25) is 4.79 Å². The molecule has 1 amide bonds. The van der Waals surface area contributed by atoms with Crippen molar-refractivity contribution in [3.63, 3.8) is 0 Å². The molecule has 2 aliphatic heterocycles. The molecular formula is C17H21N3O2S. The first-order valence-electron chi connectivity index (χ1n) is 8.24. The van der Waals surface area contributed by atoms with Crippen LogP contribution in [0.3, 0.4) is 0 Å². The van der Waals surface area contributed by atoms with E-state index in [0.29, 0.717) is 17.8 Å². The summed E-state index contributed by atoms with van der Waals surface area (Å²) in [5, 5.41) is 2.63. The molecule has 2 atom stereocenters. The fourth-order valence-electron chi connectivity index (χ4n) is 3.90. The number of likely N-dealkylation sites (N-methyl/N-ethyl adjacent to an activating group) is 1. The van der Waals surface area contributed by atoms with E-state index in [0.717, 1.165) is 36.7 Å². The molecule has 6 heteroatoms. The molecule has 2 saturated heterocycles. The molecule has 0 radical (unpaired) electrons. The van der Waals surface area contributed by atoms with Crippen LogP contribution in [0.15, 0.2) is 28.2 Å². The van der Waals surface area contributed by atoms with Crippen LogP contribution >= 0.6 is 11.3 Å². The van der Waals surface area contributed by atoms with Gasteiger partial charge in [0.2, 0.25) is 0 Å². The molecule has 0 bridgehead atoms. The van der Waals surface area contributed by atoms with E-state index in [1.807, 2.05) is 22.4 Å². The first kappa shape index (κ1) is 14.9. The van der Waals surface area contributed by atoms with Crippen LogP contribution in [0.2, 0.25) is 0 Å². The monoisotopic (exact) mass is 331 g/mol. The standard InChI is InChI=1S/C17H21N3O2S/c1-19-8-2-5-13(19)14-6-3-9-20(14)17(21)12-11-23-16(18-12)15-7-4-10-22-15/h4,7,10-11,13-14H,2-3,5-6,8-9H2,1H3. The fraction of sp³-hybridized carbons (Fsp3) is 0.529. The summed E-state index contributed by atoms with van der Waals surface area (Å²) in [5.41, 5.74) is 0.550. The summed E-state index contributed by atoms with van der Waals surface area (Å²) in [5.74, 6) is 0.796. The lowest BCUT2D eigenvalue weighted by atomic mass is 10.0. The van der Waals surface area contributed by atoms with Crippen molar-refractivity contribution in [1.29, 1.82) is 0 Å². The van der Waals surface area contributed by atoms with Gasteiger partial charge in [-0.1, -0.05) is 0 Å². The number of carbonyl (C=O) groups is 1. The molecule has 2 aliphatic rings. The number of carbonyl (C=O) groups excluding carboxylic acids is 1. The Morgan fingerprint density at radius 3 is 2.87 bits per heavy atom. The van der Waals surface area contributed by atoms with E-state index in [1.165, 1.54) is 24.2 Å². The zero-order valence-corrected chi connectivity index (χ0v) is 14.1. The molecule has 2 fully saturated rings. The van der Waals surface area contributed by atoms with Gasteiger partial charge in [0, 0.05) is 24.0 Å². The van der Waals surface area contributed by atoms with Crippen molar-refractivity contribution in [2.24, 2.45) is 0 Å². The molecule has 122 valence electrons. The molecule has 23 heavy (non-hydrogen) atoms. The summed E-state index contributed by atoms with van der Waals surface area (Å²) in [6, 6.07) is 4.55. The highest BCUT2D eigenvalue weighted by Crippen LogP contribution is 2.31. The molecule has 5 nitrogen and oxygen atoms in total. The maximum absolute atomic E-state index is 12.9. The summed E-state index contributed by atoms with van der Waals surface area (Å²) in [7, 11) is 2.18. The SMILES string of the molecule is CN1CCCC1C1CCCN1C(=O)c1csc(-c2ccco2)n1. The van der Waals surface area contributed by atoms with Crippen LogP contribution in [0.1, 0.15) is 36.2 Å². The molecule has 2 aromatic heterocycles. The van der Waals surface area contributed by atoms with E-state index in [9.17, 15) is 4.79 Å². The second-order valence-electron chi connectivity index (χ2n) is 6.41. The Labute approximate surface area is 139 Å². The predicted molar refractivity (Wildman–Crippen MR) is 89.5 cm³/mol. The maximum atomic E-state index is 12.9. The number of likely N-dealkylation sites (tertiary alicyclic amines) is 2. The Morgan fingerprint density at radius 1 is 1.30 bits per heavy atom. The largest absolute Gasteiger partial charge is 0.462 e. The number of hydrogen-bond donors (Lipinski definition) is 0. The summed E-state index contributed by atoms with van der Waals surface area (Å²) in [6.45, 7) is 1.99. The summed E-state index contributed by atoms with van der Waals surface area (Å²) < 4.78 is 5.37. The molecule has 0 saturated carbocycles. The second-order valence-corrected chi connectivity index (χ2v) is 7.27. The molecule has 2 unspecified atom stereocenters. The van der Waals surface area contributed by atoms with Gasteiger partial charge in [-0.05, 0) is 51.4 Å². The van der Waals surface area contributed by atoms with Crippen LogP contribution in [-0.4, -0.2) is 52.9 Å². The number of amides is 1. The third-order valence-electron chi connectivity index (χ3n) is 5.04. The van der Waals surface area contributed by atoms with Crippen molar-refractivity contribution < 1.29 is 9.21 Å².